The minimum atomic E-state index is -0.118. The Labute approximate surface area is 140 Å². The standard InChI is InChI=1S/C18H17Cl2NO/c1-11(22)21-18-9-7-13(14-4-2-3-5-15(14)18)12-6-8-16(19)17(20)10-12/h2-6,8,10,13,18H,7,9H2,1H3,(H,21,22)/p-1. The lowest BCUT2D eigenvalue weighted by Crippen LogP contribution is -2.19. The summed E-state index contributed by atoms with van der Waals surface area (Å²) in [6.45, 7) is 1.51. The second-order valence-corrected chi connectivity index (χ2v) is 6.41. The molecular formula is C18H16Cl2NO-. The third kappa shape index (κ3) is 2.99. The zero-order valence-electron chi connectivity index (χ0n) is 12.2. The quantitative estimate of drug-likeness (QED) is 0.577. The van der Waals surface area contributed by atoms with E-state index in [9.17, 15) is 5.11 Å². The van der Waals surface area contributed by atoms with E-state index >= 15 is 0 Å². The average molecular weight is 333 g/mol. The van der Waals surface area contributed by atoms with E-state index < -0.39 is 0 Å². The zero-order chi connectivity index (χ0) is 15.7. The minimum absolute atomic E-state index is 0.0345. The van der Waals surface area contributed by atoms with Gasteiger partial charge in [0.15, 0.2) is 0 Å². The van der Waals surface area contributed by atoms with E-state index in [1.165, 1.54) is 12.5 Å². The van der Waals surface area contributed by atoms with Gasteiger partial charge in [0.25, 0.3) is 0 Å². The summed E-state index contributed by atoms with van der Waals surface area (Å²) in [6, 6.07) is 14.0. The Kier molecular flexibility index (Phi) is 4.42. The van der Waals surface area contributed by atoms with Gasteiger partial charge in [0, 0.05) is 5.92 Å². The fourth-order valence-corrected chi connectivity index (χ4v) is 3.50. The molecule has 2 aromatic rings. The van der Waals surface area contributed by atoms with Crippen LogP contribution in [0.2, 0.25) is 10.0 Å². The van der Waals surface area contributed by atoms with Gasteiger partial charge in [-0.1, -0.05) is 53.5 Å². The average Bonchev–Trinajstić information content (AvgIpc) is 2.50. The molecule has 0 radical (unpaired) electrons. The van der Waals surface area contributed by atoms with Crippen molar-refractivity contribution in [3.8, 4) is 0 Å². The first-order chi connectivity index (χ1) is 10.6. The molecule has 1 aliphatic rings. The van der Waals surface area contributed by atoms with Gasteiger partial charge in [-0.25, -0.2) is 0 Å². The van der Waals surface area contributed by atoms with Crippen LogP contribution in [-0.4, -0.2) is 5.90 Å². The normalized spacial score (nSPS) is 21.5. The van der Waals surface area contributed by atoms with E-state index in [1.807, 2.05) is 30.3 Å². The van der Waals surface area contributed by atoms with Crippen LogP contribution in [0.15, 0.2) is 47.5 Å². The lowest BCUT2D eigenvalue weighted by Gasteiger charge is -2.31. The molecule has 0 heterocycles. The number of halogens is 2. The smallest absolute Gasteiger partial charge is 0.0741 e. The second kappa shape index (κ2) is 6.31. The van der Waals surface area contributed by atoms with Crippen molar-refractivity contribution in [2.75, 3.05) is 0 Å². The lowest BCUT2D eigenvalue weighted by atomic mass is 9.77. The van der Waals surface area contributed by atoms with E-state index in [0.717, 1.165) is 24.0 Å². The monoisotopic (exact) mass is 332 g/mol. The lowest BCUT2D eigenvalue weighted by molar-refractivity contribution is -0.216. The molecule has 0 N–H and O–H groups in total. The van der Waals surface area contributed by atoms with Crippen molar-refractivity contribution in [3.63, 3.8) is 0 Å². The van der Waals surface area contributed by atoms with Crippen molar-refractivity contribution in [2.24, 2.45) is 4.99 Å². The highest BCUT2D eigenvalue weighted by Gasteiger charge is 2.27. The molecular weight excluding hydrogens is 317 g/mol. The second-order valence-electron chi connectivity index (χ2n) is 5.60. The molecule has 0 amide bonds. The molecule has 2 aromatic carbocycles. The van der Waals surface area contributed by atoms with Gasteiger partial charge in [-0.15, -0.1) is 0 Å². The van der Waals surface area contributed by atoms with Gasteiger partial charge in [0.05, 0.1) is 16.1 Å². The molecule has 22 heavy (non-hydrogen) atoms. The van der Waals surface area contributed by atoms with Gasteiger partial charge >= 0.3 is 0 Å². The first-order valence-electron chi connectivity index (χ1n) is 7.31. The van der Waals surface area contributed by atoms with E-state index in [2.05, 4.69) is 17.1 Å². The van der Waals surface area contributed by atoms with Crippen molar-refractivity contribution < 1.29 is 5.11 Å². The van der Waals surface area contributed by atoms with Crippen LogP contribution in [-0.2, 0) is 0 Å². The number of rotatable bonds is 2. The fourth-order valence-electron chi connectivity index (χ4n) is 3.20. The third-order valence-corrected chi connectivity index (χ3v) is 4.88. The zero-order valence-corrected chi connectivity index (χ0v) is 13.7. The summed E-state index contributed by atoms with van der Waals surface area (Å²) >= 11 is 12.2. The maximum Gasteiger partial charge on any atom is 0.0741 e. The van der Waals surface area contributed by atoms with Crippen molar-refractivity contribution in [1.29, 1.82) is 0 Å². The van der Waals surface area contributed by atoms with Crippen molar-refractivity contribution >= 4 is 29.1 Å². The van der Waals surface area contributed by atoms with Gasteiger partial charge in [-0.3, -0.25) is 4.99 Å². The Morgan fingerprint density at radius 3 is 2.45 bits per heavy atom. The highest BCUT2D eigenvalue weighted by atomic mass is 35.5. The Morgan fingerprint density at radius 2 is 1.77 bits per heavy atom. The van der Waals surface area contributed by atoms with Crippen molar-refractivity contribution in [2.45, 2.75) is 31.7 Å². The molecule has 2 unspecified atom stereocenters. The largest absolute Gasteiger partial charge is 0.862 e. The Morgan fingerprint density at radius 1 is 1.05 bits per heavy atom. The van der Waals surface area contributed by atoms with Crippen molar-refractivity contribution in [3.05, 3.63) is 69.2 Å². The Bertz CT molecular complexity index is 723. The molecule has 0 bridgehead atoms. The molecule has 0 spiro atoms. The summed E-state index contributed by atoms with van der Waals surface area (Å²) in [7, 11) is 0. The highest BCUT2D eigenvalue weighted by Crippen LogP contribution is 2.43. The van der Waals surface area contributed by atoms with E-state index in [-0.39, 0.29) is 17.9 Å². The van der Waals surface area contributed by atoms with E-state index in [0.29, 0.717) is 10.0 Å². The van der Waals surface area contributed by atoms with E-state index in [4.69, 9.17) is 23.2 Å². The number of hydrogen-bond donors (Lipinski definition) is 0. The summed E-state index contributed by atoms with van der Waals surface area (Å²) < 4.78 is 0. The molecule has 0 saturated heterocycles. The highest BCUT2D eigenvalue weighted by molar-refractivity contribution is 6.42. The summed E-state index contributed by atoms with van der Waals surface area (Å²) in [4.78, 5) is 4.25. The maximum absolute atomic E-state index is 11.4. The molecule has 2 atom stereocenters. The molecule has 0 fully saturated rings. The number of nitrogens with zero attached hydrogens (tertiary/aromatic N) is 1. The number of aliphatic imine (C=N–C) groups is 1. The van der Waals surface area contributed by atoms with Gasteiger partial charge < -0.3 is 5.11 Å². The predicted octanol–water partition coefficient (Wildman–Crippen LogP) is 4.74. The first-order valence-corrected chi connectivity index (χ1v) is 8.07. The molecule has 0 aromatic heterocycles. The summed E-state index contributed by atoms with van der Waals surface area (Å²) in [6.07, 6.45) is 1.80. The molecule has 0 aliphatic heterocycles. The minimum Gasteiger partial charge on any atom is -0.862 e. The van der Waals surface area contributed by atoms with E-state index in [1.54, 1.807) is 0 Å². The van der Waals surface area contributed by atoms with Gasteiger partial charge in [0.1, 0.15) is 0 Å². The molecule has 114 valence electrons. The van der Waals surface area contributed by atoms with Crippen LogP contribution in [0.25, 0.3) is 0 Å². The van der Waals surface area contributed by atoms with Crippen molar-refractivity contribution in [1.82, 2.24) is 0 Å². The van der Waals surface area contributed by atoms with Crippen LogP contribution in [0.1, 0.15) is 48.4 Å². The number of benzene rings is 2. The first kappa shape index (κ1) is 15.4. The van der Waals surface area contributed by atoms with Crippen LogP contribution >= 0.6 is 23.2 Å². The Hall–Kier alpha value is -1.51. The van der Waals surface area contributed by atoms with Crippen LogP contribution < -0.4 is 5.11 Å². The summed E-state index contributed by atoms with van der Waals surface area (Å²) in [5.74, 6) is 0.150. The SMILES string of the molecule is CC([O-])=NC1CCC(c2ccc(Cl)c(Cl)c2)c2ccccc21. The third-order valence-electron chi connectivity index (χ3n) is 4.14. The fraction of sp³-hybridized carbons (Fsp3) is 0.278. The molecule has 1 aliphatic carbocycles. The molecule has 0 saturated carbocycles. The number of fused-ring (bicyclic) bond motifs is 1. The van der Waals surface area contributed by atoms with Crippen LogP contribution in [0.5, 0.6) is 0 Å². The van der Waals surface area contributed by atoms with Gasteiger partial charge in [-0.2, -0.15) is 0 Å². The molecule has 4 heteroatoms. The molecule has 2 nitrogen and oxygen atoms in total. The van der Waals surface area contributed by atoms with Gasteiger partial charge in [0.2, 0.25) is 0 Å². The summed E-state index contributed by atoms with van der Waals surface area (Å²) in [5.41, 5.74) is 3.52. The topological polar surface area (TPSA) is 35.4 Å². The Balaban J connectivity index is 2.04. The van der Waals surface area contributed by atoms with Crippen LogP contribution in [0, 0.1) is 0 Å². The maximum atomic E-state index is 11.4. The predicted molar refractivity (Wildman–Crippen MR) is 89.8 cm³/mol. The number of hydrogen-bond acceptors (Lipinski definition) is 2. The van der Waals surface area contributed by atoms with Crippen LogP contribution in [0.4, 0.5) is 0 Å². The van der Waals surface area contributed by atoms with Gasteiger partial charge in [-0.05, 0) is 54.5 Å². The van der Waals surface area contributed by atoms with Crippen LogP contribution in [0.3, 0.4) is 0 Å². The summed E-state index contributed by atoms with van der Waals surface area (Å²) in [5, 5.41) is 12.5. The molecule has 3 rings (SSSR count).